The van der Waals surface area contributed by atoms with Crippen LogP contribution < -0.4 is 10.2 Å². The van der Waals surface area contributed by atoms with E-state index in [0.29, 0.717) is 21.7 Å². The minimum absolute atomic E-state index is 0.0215. The lowest BCUT2D eigenvalue weighted by Gasteiger charge is -2.14. The van der Waals surface area contributed by atoms with E-state index in [-0.39, 0.29) is 22.3 Å². The maximum Gasteiger partial charge on any atom is 0.450 e. The number of carbonyl (C=O) groups excluding carboxylic acids is 1. The van der Waals surface area contributed by atoms with Gasteiger partial charge in [-0.25, -0.2) is 4.79 Å². The number of carbonyl (C=O) groups is 1. The Balaban J connectivity index is 1.82. The number of hydrogen-bond acceptors (Lipinski definition) is 4. The molecule has 0 amide bonds. The summed E-state index contributed by atoms with van der Waals surface area (Å²) in [5.74, 6) is -2.15. The summed E-state index contributed by atoms with van der Waals surface area (Å²) in [5.41, 5.74) is 0.956. The molecule has 0 bridgehead atoms. The smallest absolute Gasteiger partial charge is 0.450 e. The third kappa shape index (κ3) is 4.43. The molecule has 8 heteroatoms. The minimum atomic E-state index is -4.94. The average molecular weight is 487 g/mol. The fourth-order valence-corrected chi connectivity index (χ4v) is 4.10. The number of halogens is 4. The van der Waals surface area contributed by atoms with E-state index in [2.05, 4.69) is 0 Å². The van der Waals surface area contributed by atoms with Crippen LogP contribution in [0.5, 0.6) is 5.75 Å². The van der Waals surface area contributed by atoms with Crippen LogP contribution in [-0.2, 0) is 6.18 Å². The fraction of sp³-hybridized carbons (Fsp3) is 0.154. The standard InChI is InChI=1S/C26H18ClF3O4/c1-13-10-14(2)21(15(3)11-13)25(32)33-18-8-9-19-20(12-18)34-24(26(28,29)30)22(23(19)31)16-4-6-17(27)7-5-16/h4-12H,1-3H3. The summed E-state index contributed by atoms with van der Waals surface area (Å²) in [4.78, 5) is 25.8. The Morgan fingerprint density at radius 2 is 1.56 bits per heavy atom. The predicted octanol–water partition coefficient (Wildman–Crippen LogP) is 7.28. The van der Waals surface area contributed by atoms with Gasteiger partial charge in [0.05, 0.1) is 16.5 Å². The van der Waals surface area contributed by atoms with E-state index in [4.69, 9.17) is 20.8 Å². The lowest BCUT2D eigenvalue weighted by molar-refractivity contribution is -0.152. The lowest BCUT2D eigenvalue weighted by atomic mass is 10.00. The van der Waals surface area contributed by atoms with Gasteiger partial charge in [0.1, 0.15) is 11.3 Å². The fourth-order valence-electron chi connectivity index (χ4n) is 3.98. The zero-order chi connectivity index (χ0) is 24.8. The summed E-state index contributed by atoms with van der Waals surface area (Å²) in [5, 5.41) is 0.230. The number of rotatable bonds is 3. The number of hydrogen-bond donors (Lipinski definition) is 0. The van der Waals surface area contributed by atoms with Crippen LogP contribution in [0.2, 0.25) is 5.02 Å². The number of benzene rings is 3. The molecule has 174 valence electrons. The molecule has 1 aromatic heterocycles. The van der Waals surface area contributed by atoms with E-state index < -0.39 is 28.9 Å². The van der Waals surface area contributed by atoms with Crippen LogP contribution in [-0.4, -0.2) is 5.97 Å². The second-order valence-electron chi connectivity index (χ2n) is 7.96. The molecule has 0 aliphatic rings. The third-order valence-corrected chi connectivity index (χ3v) is 5.60. The van der Waals surface area contributed by atoms with Gasteiger partial charge in [0, 0.05) is 11.1 Å². The molecule has 4 rings (SSSR count). The van der Waals surface area contributed by atoms with Crippen molar-refractivity contribution in [3.8, 4) is 16.9 Å². The molecule has 4 nitrogen and oxygen atoms in total. The Morgan fingerprint density at radius 3 is 2.15 bits per heavy atom. The van der Waals surface area contributed by atoms with Crippen molar-refractivity contribution in [2.75, 3.05) is 0 Å². The van der Waals surface area contributed by atoms with Gasteiger partial charge in [0.15, 0.2) is 0 Å². The van der Waals surface area contributed by atoms with Crippen molar-refractivity contribution in [2.45, 2.75) is 26.9 Å². The number of esters is 1. The summed E-state index contributed by atoms with van der Waals surface area (Å²) in [6.07, 6.45) is -4.94. The maximum absolute atomic E-state index is 13.8. The van der Waals surface area contributed by atoms with Crippen LogP contribution >= 0.6 is 11.6 Å². The Kier molecular flexibility index (Phi) is 6.00. The van der Waals surface area contributed by atoms with Gasteiger partial charge >= 0.3 is 12.1 Å². The van der Waals surface area contributed by atoms with Crippen LogP contribution in [0.15, 0.2) is 63.8 Å². The van der Waals surface area contributed by atoms with Gasteiger partial charge in [0.2, 0.25) is 11.2 Å². The average Bonchev–Trinajstić information content (AvgIpc) is 2.73. The van der Waals surface area contributed by atoms with Crippen molar-refractivity contribution in [1.82, 2.24) is 0 Å². The zero-order valence-corrected chi connectivity index (χ0v) is 19.1. The molecular weight excluding hydrogens is 469 g/mol. The number of fused-ring (bicyclic) bond motifs is 1. The molecule has 0 unspecified atom stereocenters. The number of aryl methyl sites for hydroxylation is 3. The lowest BCUT2D eigenvalue weighted by Crippen LogP contribution is -2.16. The minimum Gasteiger partial charge on any atom is -0.450 e. The normalized spacial score (nSPS) is 11.6. The second kappa shape index (κ2) is 8.65. The molecule has 0 atom stereocenters. The SMILES string of the molecule is Cc1cc(C)c(C(=O)Oc2ccc3c(=O)c(-c4ccc(Cl)cc4)c(C(F)(F)F)oc3c2)c(C)c1. The molecule has 0 spiro atoms. The summed E-state index contributed by atoms with van der Waals surface area (Å²) in [7, 11) is 0. The quantitative estimate of drug-likeness (QED) is 0.225. The highest BCUT2D eigenvalue weighted by molar-refractivity contribution is 6.30. The van der Waals surface area contributed by atoms with E-state index in [1.807, 2.05) is 19.1 Å². The van der Waals surface area contributed by atoms with Crippen molar-refractivity contribution in [3.63, 3.8) is 0 Å². The van der Waals surface area contributed by atoms with E-state index >= 15 is 0 Å². The van der Waals surface area contributed by atoms with E-state index in [9.17, 15) is 22.8 Å². The molecule has 0 radical (unpaired) electrons. The highest BCUT2D eigenvalue weighted by atomic mass is 35.5. The Morgan fingerprint density at radius 1 is 0.941 bits per heavy atom. The van der Waals surface area contributed by atoms with Crippen molar-refractivity contribution >= 4 is 28.5 Å². The van der Waals surface area contributed by atoms with E-state index in [1.54, 1.807) is 13.8 Å². The van der Waals surface area contributed by atoms with Crippen LogP contribution in [0.4, 0.5) is 13.2 Å². The first-order valence-electron chi connectivity index (χ1n) is 10.2. The van der Waals surface area contributed by atoms with Crippen molar-refractivity contribution in [1.29, 1.82) is 0 Å². The first kappa shape index (κ1) is 23.6. The molecular formula is C26H18ClF3O4. The van der Waals surface area contributed by atoms with Gasteiger partial charge in [-0.3, -0.25) is 4.79 Å². The summed E-state index contributed by atoms with van der Waals surface area (Å²) >= 11 is 5.83. The summed E-state index contributed by atoms with van der Waals surface area (Å²) < 4.78 is 52.1. The monoisotopic (exact) mass is 486 g/mol. The van der Waals surface area contributed by atoms with Gasteiger partial charge in [-0.1, -0.05) is 41.4 Å². The molecule has 4 aromatic rings. The molecule has 0 N–H and O–H groups in total. The zero-order valence-electron chi connectivity index (χ0n) is 18.3. The van der Waals surface area contributed by atoms with Crippen molar-refractivity contribution in [2.24, 2.45) is 0 Å². The highest BCUT2D eigenvalue weighted by Crippen LogP contribution is 2.38. The molecule has 0 aliphatic carbocycles. The summed E-state index contributed by atoms with van der Waals surface area (Å²) in [6, 6.07) is 12.8. The number of ether oxygens (including phenoxy) is 1. The molecule has 0 saturated heterocycles. The largest absolute Gasteiger partial charge is 0.450 e. The second-order valence-corrected chi connectivity index (χ2v) is 8.40. The Labute approximate surface area is 197 Å². The van der Waals surface area contributed by atoms with E-state index in [1.165, 1.54) is 36.4 Å². The molecule has 1 heterocycles. The molecule has 0 saturated carbocycles. The van der Waals surface area contributed by atoms with Gasteiger partial charge in [0.25, 0.3) is 0 Å². The van der Waals surface area contributed by atoms with Crippen molar-refractivity contribution < 1.29 is 27.1 Å². The molecule has 3 aromatic carbocycles. The Bertz CT molecular complexity index is 1460. The molecule has 0 aliphatic heterocycles. The predicted molar refractivity (Wildman–Crippen MR) is 124 cm³/mol. The van der Waals surface area contributed by atoms with Crippen LogP contribution in [0.25, 0.3) is 22.1 Å². The molecule has 34 heavy (non-hydrogen) atoms. The van der Waals surface area contributed by atoms with Crippen molar-refractivity contribution in [3.05, 3.63) is 97.9 Å². The van der Waals surface area contributed by atoms with Crippen LogP contribution in [0.1, 0.15) is 32.8 Å². The van der Waals surface area contributed by atoms with Gasteiger partial charge < -0.3 is 9.15 Å². The maximum atomic E-state index is 13.8. The van der Waals surface area contributed by atoms with Crippen LogP contribution in [0, 0.1) is 20.8 Å². The van der Waals surface area contributed by atoms with Gasteiger partial charge in [-0.15, -0.1) is 0 Å². The summed E-state index contributed by atoms with van der Waals surface area (Å²) in [6.45, 7) is 5.44. The topological polar surface area (TPSA) is 56.5 Å². The van der Waals surface area contributed by atoms with Gasteiger partial charge in [-0.05, 0) is 61.7 Å². The molecule has 0 fully saturated rings. The van der Waals surface area contributed by atoms with E-state index in [0.717, 1.165) is 11.6 Å². The Hall–Kier alpha value is -3.58. The number of alkyl halides is 3. The first-order valence-corrected chi connectivity index (χ1v) is 10.6. The van der Waals surface area contributed by atoms with Crippen LogP contribution in [0.3, 0.4) is 0 Å². The highest BCUT2D eigenvalue weighted by Gasteiger charge is 2.39. The third-order valence-electron chi connectivity index (χ3n) is 5.35. The first-order chi connectivity index (χ1) is 16.0. The van der Waals surface area contributed by atoms with Gasteiger partial charge in [-0.2, -0.15) is 13.2 Å².